The molecule has 2 aromatic heterocycles. The van der Waals surface area contributed by atoms with Gasteiger partial charge in [-0.05, 0) is 102 Å². The Morgan fingerprint density at radius 2 is 1.12 bits per heavy atom. The number of alkyl carbamates (subject to hydrolysis) is 1. The van der Waals surface area contributed by atoms with Gasteiger partial charge in [0.1, 0.15) is 22.6 Å². The number of nitrogens with one attached hydrogen (secondary N) is 2. The van der Waals surface area contributed by atoms with Gasteiger partial charge in [-0.2, -0.15) is 0 Å². The SMILES string of the molecule is COC(=O)c1cccc(CN(CCN(Cc2ccc(NC(=O)OC(C)(C)C)cc2)Cc2cccc(C(=O)OC)n2)CC2=CC=C(NC(=O)OC(C)(C)C)CC2)n1. The van der Waals surface area contributed by atoms with Gasteiger partial charge in [0.05, 0.1) is 25.6 Å². The third-order valence-electron chi connectivity index (χ3n) is 8.24. The average molecular weight is 771 g/mol. The van der Waals surface area contributed by atoms with E-state index in [1.165, 1.54) is 14.2 Å². The van der Waals surface area contributed by atoms with E-state index in [4.69, 9.17) is 18.9 Å². The van der Waals surface area contributed by atoms with Crippen molar-refractivity contribution in [1.29, 1.82) is 0 Å². The van der Waals surface area contributed by atoms with Crippen molar-refractivity contribution in [2.75, 3.05) is 39.2 Å². The van der Waals surface area contributed by atoms with Crippen molar-refractivity contribution in [1.82, 2.24) is 25.1 Å². The largest absolute Gasteiger partial charge is 0.464 e. The number of benzene rings is 1. The number of nitrogens with zero attached hydrogens (tertiary/aromatic N) is 4. The highest BCUT2D eigenvalue weighted by Gasteiger charge is 2.21. The number of carbonyl (C=O) groups excluding carboxylic acids is 4. The van der Waals surface area contributed by atoms with E-state index in [1.54, 1.807) is 24.3 Å². The maximum Gasteiger partial charge on any atom is 0.412 e. The number of anilines is 1. The summed E-state index contributed by atoms with van der Waals surface area (Å²) in [5, 5.41) is 5.63. The Kier molecular flexibility index (Phi) is 15.3. The summed E-state index contributed by atoms with van der Waals surface area (Å²) in [4.78, 5) is 63.0. The molecule has 1 aromatic carbocycles. The lowest BCUT2D eigenvalue weighted by Gasteiger charge is -2.29. The minimum Gasteiger partial charge on any atom is -0.464 e. The molecule has 1 aliphatic carbocycles. The molecule has 2 amide bonds. The number of rotatable bonds is 15. The maximum atomic E-state index is 12.4. The molecule has 0 unspecified atom stereocenters. The zero-order valence-corrected chi connectivity index (χ0v) is 33.6. The molecule has 4 rings (SSSR count). The Balaban J connectivity index is 1.56. The normalized spacial score (nSPS) is 13.0. The van der Waals surface area contributed by atoms with Crippen molar-refractivity contribution in [3.05, 3.63) is 112 Å². The highest BCUT2D eigenvalue weighted by Crippen LogP contribution is 2.21. The van der Waals surface area contributed by atoms with Crippen LogP contribution in [0.4, 0.5) is 15.3 Å². The summed E-state index contributed by atoms with van der Waals surface area (Å²) >= 11 is 0. The van der Waals surface area contributed by atoms with Crippen molar-refractivity contribution in [3.8, 4) is 0 Å². The third kappa shape index (κ3) is 14.9. The summed E-state index contributed by atoms with van der Waals surface area (Å²) in [6.07, 6.45) is 4.28. The number of esters is 2. The zero-order valence-electron chi connectivity index (χ0n) is 33.6. The molecule has 0 fully saturated rings. The second-order valence-corrected chi connectivity index (χ2v) is 15.4. The van der Waals surface area contributed by atoms with Crippen LogP contribution in [0, 0.1) is 0 Å². The van der Waals surface area contributed by atoms with Gasteiger partial charge in [0, 0.05) is 50.7 Å². The quantitative estimate of drug-likeness (QED) is 0.120. The number of hydrogen-bond acceptors (Lipinski definition) is 12. The fourth-order valence-electron chi connectivity index (χ4n) is 5.75. The standard InChI is InChI=1S/C42H54N6O8/c1-41(2,3)55-39(51)45-31-19-15-29(16-20-31)25-47(27-33-11-9-13-35(43-33)37(49)53-7)23-24-48(28-34-12-10-14-36(44-34)38(50)54-8)26-30-17-21-32(22-18-30)46-40(52)56-42(4,5)6/h9-17,19-21H,18,22-28H2,1-8H3,(H,45,51)(H,46,52). The van der Waals surface area contributed by atoms with E-state index in [0.29, 0.717) is 62.8 Å². The van der Waals surface area contributed by atoms with E-state index in [0.717, 1.165) is 23.3 Å². The molecule has 300 valence electrons. The van der Waals surface area contributed by atoms with Crippen LogP contribution in [0.15, 0.2) is 84.1 Å². The van der Waals surface area contributed by atoms with Crippen molar-refractivity contribution >= 4 is 29.8 Å². The molecule has 14 nitrogen and oxygen atoms in total. The molecule has 0 saturated carbocycles. The van der Waals surface area contributed by atoms with E-state index in [2.05, 4.69) is 30.4 Å². The molecule has 0 aliphatic heterocycles. The lowest BCUT2D eigenvalue weighted by molar-refractivity contribution is 0.0540. The van der Waals surface area contributed by atoms with Crippen LogP contribution in [-0.4, -0.2) is 88.9 Å². The van der Waals surface area contributed by atoms with Gasteiger partial charge in [0.25, 0.3) is 0 Å². The molecule has 0 spiro atoms. The fraction of sp³-hybridized carbons (Fsp3) is 0.429. The Bertz CT molecular complexity index is 1900. The fourth-order valence-corrected chi connectivity index (χ4v) is 5.75. The van der Waals surface area contributed by atoms with Crippen LogP contribution in [-0.2, 0) is 38.6 Å². The number of amides is 2. The number of ether oxygens (including phenoxy) is 4. The molecular weight excluding hydrogens is 716 g/mol. The number of methoxy groups -OCH3 is 2. The van der Waals surface area contributed by atoms with E-state index >= 15 is 0 Å². The predicted molar refractivity (Wildman–Crippen MR) is 212 cm³/mol. The molecule has 3 aromatic rings. The Morgan fingerprint density at radius 3 is 1.59 bits per heavy atom. The van der Waals surface area contributed by atoms with Gasteiger partial charge >= 0.3 is 24.1 Å². The highest BCUT2D eigenvalue weighted by atomic mass is 16.6. The van der Waals surface area contributed by atoms with Crippen molar-refractivity contribution < 1.29 is 38.1 Å². The maximum absolute atomic E-state index is 12.4. The van der Waals surface area contributed by atoms with Gasteiger partial charge in [0.15, 0.2) is 0 Å². The zero-order chi connectivity index (χ0) is 40.9. The molecule has 2 N–H and O–H groups in total. The highest BCUT2D eigenvalue weighted by molar-refractivity contribution is 5.87. The first-order valence-electron chi connectivity index (χ1n) is 18.5. The van der Waals surface area contributed by atoms with Crippen LogP contribution in [0.2, 0.25) is 0 Å². The number of carbonyl (C=O) groups is 4. The minimum absolute atomic E-state index is 0.221. The van der Waals surface area contributed by atoms with Crippen molar-refractivity contribution in [2.24, 2.45) is 0 Å². The topological polar surface area (TPSA) is 162 Å². The molecule has 0 atom stereocenters. The average Bonchev–Trinajstić information content (AvgIpc) is 3.13. The Labute approximate surface area is 329 Å². The number of aromatic nitrogens is 2. The first-order chi connectivity index (χ1) is 26.5. The van der Waals surface area contributed by atoms with Gasteiger partial charge < -0.3 is 18.9 Å². The van der Waals surface area contributed by atoms with Crippen LogP contribution in [0.1, 0.15) is 92.3 Å². The number of allylic oxidation sites excluding steroid dienone is 3. The summed E-state index contributed by atoms with van der Waals surface area (Å²) in [5.74, 6) is -1.03. The monoisotopic (exact) mass is 770 g/mol. The summed E-state index contributed by atoms with van der Waals surface area (Å²) in [7, 11) is 2.65. The molecule has 0 radical (unpaired) electrons. The van der Waals surface area contributed by atoms with Gasteiger partial charge in [0.2, 0.25) is 0 Å². The lowest BCUT2D eigenvalue weighted by Crippen LogP contribution is -2.36. The van der Waals surface area contributed by atoms with Gasteiger partial charge in [-0.15, -0.1) is 0 Å². The molecule has 14 heteroatoms. The number of hydrogen-bond donors (Lipinski definition) is 2. The third-order valence-corrected chi connectivity index (χ3v) is 8.24. The molecule has 0 bridgehead atoms. The molecule has 0 saturated heterocycles. The second kappa shape index (κ2) is 19.8. The Morgan fingerprint density at radius 1 is 0.625 bits per heavy atom. The molecule has 2 heterocycles. The first kappa shape index (κ1) is 43.1. The van der Waals surface area contributed by atoms with Crippen LogP contribution >= 0.6 is 0 Å². The van der Waals surface area contributed by atoms with E-state index in [-0.39, 0.29) is 11.4 Å². The van der Waals surface area contributed by atoms with Crippen LogP contribution in [0.3, 0.4) is 0 Å². The van der Waals surface area contributed by atoms with E-state index in [9.17, 15) is 19.2 Å². The second-order valence-electron chi connectivity index (χ2n) is 15.4. The summed E-state index contributed by atoms with van der Waals surface area (Å²) in [5.41, 5.74) is 4.17. The van der Waals surface area contributed by atoms with Crippen molar-refractivity contribution in [3.63, 3.8) is 0 Å². The predicted octanol–water partition coefficient (Wildman–Crippen LogP) is 7.03. The van der Waals surface area contributed by atoms with Gasteiger partial charge in [-0.1, -0.05) is 35.9 Å². The molecule has 1 aliphatic rings. The summed E-state index contributed by atoms with van der Waals surface area (Å²) in [6.45, 7) is 14.1. The summed E-state index contributed by atoms with van der Waals surface area (Å²) in [6, 6.07) is 18.1. The summed E-state index contributed by atoms with van der Waals surface area (Å²) < 4.78 is 20.6. The van der Waals surface area contributed by atoms with E-state index < -0.39 is 35.3 Å². The minimum atomic E-state index is -0.621. The Hall–Kier alpha value is -5.60. The smallest absolute Gasteiger partial charge is 0.412 e. The van der Waals surface area contributed by atoms with Crippen LogP contribution in [0.25, 0.3) is 0 Å². The lowest BCUT2D eigenvalue weighted by atomic mass is 10.0. The number of pyridine rings is 2. The van der Waals surface area contributed by atoms with Crippen LogP contribution < -0.4 is 10.6 Å². The first-order valence-corrected chi connectivity index (χ1v) is 18.5. The van der Waals surface area contributed by atoms with Crippen LogP contribution in [0.5, 0.6) is 0 Å². The van der Waals surface area contributed by atoms with Gasteiger partial charge in [-0.25, -0.2) is 29.1 Å². The van der Waals surface area contributed by atoms with Gasteiger partial charge in [-0.3, -0.25) is 20.4 Å². The molecular formula is C42H54N6O8. The van der Waals surface area contributed by atoms with E-state index in [1.807, 2.05) is 90.1 Å². The molecule has 56 heavy (non-hydrogen) atoms. The van der Waals surface area contributed by atoms with Crippen molar-refractivity contribution in [2.45, 2.75) is 85.2 Å².